The number of aryl methyl sites for hydroxylation is 2. The van der Waals surface area contributed by atoms with Crippen LogP contribution in [0.15, 0.2) is 36.4 Å². The van der Waals surface area contributed by atoms with Crippen molar-refractivity contribution in [2.75, 3.05) is 5.73 Å². The number of halogens is 3. The fourth-order valence-electron chi connectivity index (χ4n) is 2.31. The summed E-state index contributed by atoms with van der Waals surface area (Å²) in [6.45, 7) is 0.563. The van der Waals surface area contributed by atoms with Gasteiger partial charge >= 0.3 is 0 Å². The molecule has 6 heteroatoms. The van der Waals surface area contributed by atoms with Crippen LogP contribution in [0.4, 0.5) is 10.3 Å². The summed E-state index contributed by atoms with van der Waals surface area (Å²) >= 11 is 12.0. The number of benzene rings is 2. The van der Waals surface area contributed by atoms with Gasteiger partial charge in [0.2, 0.25) is 5.95 Å². The molecule has 3 rings (SSSR count). The lowest BCUT2D eigenvalue weighted by Gasteiger charge is -2.08. The summed E-state index contributed by atoms with van der Waals surface area (Å²) in [5.74, 6) is 0.0499. The number of fused-ring (bicyclic) bond motifs is 1. The molecule has 1 heterocycles. The van der Waals surface area contributed by atoms with Gasteiger partial charge in [-0.15, -0.1) is 0 Å². The van der Waals surface area contributed by atoms with Crippen molar-refractivity contribution in [2.24, 2.45) is 0 Å². The van der Waals surface area contributed by atoms with Crippen molar-refractivity contribution >= 4 is 40.2 Å². The Kier molecular flexibility index (Phi) is 3.74. The standard InChI is InChI=1S/C15H12Cl2FN3/c16-10-2-1-9(12(17)7-10)5-6-21-14-8-11(18)3-4-13(14)20-15(21)19/h1-4,7-8H,5-6H2,(H2,19,20). The maximum atomic E-state index is 13.4. The highest BCUT2D eigenvalue weighted by Gasteiger charge is 2.10. The highest BCUT2D eigenvalue weighted by Crippen LogP contribution is 2.24. The fraction of sp³-hybridized carbons (Fsp3) is 0.133. The van der Waals surface area contributed by atoms with Gasteiger partial charge in [0.05, 0.1) is 11.0 Å². The van der Waals surface area contributed by atoms with Crippen LogP contribution in [0.2, 0.25) is 10.0 Å². The average molecular weight is 324 g/mol. The highest BCUT2D eigenvalue weighted by atomic mass is 35.5. The molecule has 3 aromatic rings. The van der Waals surface area contributed by atoms with Gasteiger partial charge in [-0.25, -0.2) is 9.37 Å². The molecule has 0 saturated carbocycles. The van der Waals surface area contributed by atoms with Crippen LogP contribution in [-0.2, 0) is 13.0 Å². The lowest BCUT2D eigenvalue weighted by molar-refractivity contribution is 0.627. The number of hydrogen-bond donors (Lipinski definition) is 1. The second-order valence-corrected chi connectivity index (χ2v) is 5.58. The number of nitrogens with two attached hydrogens (primary N) is 1. The summed E-state index contributed by atoms with van der Waals surface area (Å²) in [6.07, 6.45) is 0.655. The van der Waals surface area contributed by atoms with E-state index in [2.05, 4.69) is 4.98 Å². The van der Waals surface area contributed by atoms with E-state index in [1.807, 2.05) is 6.07 Å². The molecule has 3 nitrogen and oxygen atoms in total. The summed E-state index contributed by atoms with van der Waals surface area (Å²) in [5, 5.41) is 1.20. The van der Waals surface area contributed by atoms with Gasteiger partial charge in [-0.1, -0.05) is 29.3 Å². The third-order valence-electron chi connectivity index (χ3n) is 3.36. The Morgan fingerprint density at radius 2 is 1.95 bits per heavy atom. The predicted octanol–water partition coefficient (Wildman–Crippen LogP) is 4.31. The molecule has 1 aromatic heterocycles. The van der Waals surface area contributed by atoms with E-state index >= 15 is 0 Å². The minimum absolute atomic E-state index is 0.312. The maximum absolute atomic E-state index is 13.4. The van der Waals surface area contributed by atoms with E-state index < -0.39 is 0 Å². The first kappa shape index (κ1) is 14.2. The average Bonchev–Trinajstić information content (AvgIpc) is 2.73. The van der Waals surface area contributed by atoms with Crippen LogP contribution in [0.25, 0.3) is 11.0 Å². The van der Waals surface area contributed by atoms with E-state index in [-0.39, 0.29) is 5.82 Å². The largest absolute Gasteiger partial charge is 0.369 e. The fourth-order valence-corrected chi connectivity index (χ4v) is 2.81. The van der Waals surface area contributed by atoms with Crippen molar-refractivity contribution in [1.82, 2.24) is 9.55 Å². The quantitative estimate of drug-likeness (QED) is 0.780. The van der Waals surface area contributed by atoms with Crippen molar-refractivity contribution in [3.05, 3.63) is 57.8 Å². The van der Waals surface area contributed by atoms with Crippen molar-refractivity contribution < 1.29 is 4.39 Å². The van der Waals surface area contributed by atoms with Gasteiger partial charge < -0.3 is 10.3 Å². The van der Waals surface area contributed by atoms with Gasteiger partial charge in [0.1, 0.15) is 5.82 Å². The van der Waals surface area contributed by atoms with Crippen molar-refractivity contribution in [3.63, 3.8) is 0 Å². The van der Waals surface area contributed by atoms with E-state index in [4.69, 9.17) is 28.9 Å². The molecule has 0 atom stereocenters. The Hall–Kier alpha value is -1.78. The minimum Gasteiger partial charge on any atom is -0.369 e. The van der Waals surface area contributed by atoms with E-state index in [1.54, 1.807) is 22.8 Å². The number of rotatable bonds is 3. The number of nitrogens with zero attached hydrogens (tertiary/aromatic N) is 2. The molecular weight excluding hydrogens is 312 g/mol. The minimum atomic E-state index is -0.312. The van der Waals surface area contributed by atoms with Crippen molar-refractivity contribution in [2.45, 2.75) is 13.0 Å². The number of anilines is 1. The lowest BCUT2D eigenvalue weighted by Crippen LogP contribution is -2.06. The van der Waals surface area contributed by atoms with Crippen molar-refractivity contribution in [3.8, 4) is 0 Å². The topological polar surface area (TPSA) is 43.8 Å². The van der Waals surface area contributed by atoms with E-state index in [0.29, 0.717) is 40.0 Å². The van der Waals surface area contributed by atoms with Crippen LogP contribution in [0, 0.1) is 5.82 Å². The molecule has 0 saturated heterocycles. The summed E-state index contributed by atoms with van der Waals surface area (Å²) < 4.78 is 15.2. The smallest absolute Gasteiger partial charge is 0.201 e. The van der Waals surface area contributed by atoms with Crippen LogP contribution in [-0.4, -0.2) is 9.55 Å². The molecule has 0 amide bonds. The summed E-state index contributed by atoms with van der Waals surface area (Å²) in [5.41, 5.74) is 8.22. The molecule has 21 heavy (non-hydrogen) atoms. The Morgan fingerprint density at radius 1 is 1.14 bits per heavy atom. The molecule has 0 aliphatic heterocycles. The Labute approximate surface area is 131 Å². The molecule has 0 unspecified atom stereocenters. The monoisotopic (exact) mass is 323 g/mol. The molecule has 0 aliphatic carbocycles. The molecular formula is C15H12Cl2FN3. The third-order valence-corrected chi connectivity index (χ3v) is 3.95. The van der Waals surface area contributed by atoms with Gasteiger partial charge in [-0.2, -0.15) is 0 Å². The van der Waals surface area contributed by atoms with Gasteiger partial charge in [0.15, 0.2) is 0 Å². The van der Waals surface area contributed by atoms with Crippen LogP contribution < -0.4 is 5.73 Å². The molecule has 0 aliphatic rings. The van der Waals surface area contributed by atoms with E-state index in [9.17, 15) is 4.39 Å². The molecule has 0 radical (unpaired) electrons. The molecule has 0 bridgehead atoms. The molecule has 0 fully saturated rings. The zero-order valence-corrected chi connectivity index (χ0v) is 12.5. The normalized spacial score (nSPS) is 11.2. The summed E-state index contributed by atoms with van der Waals surface area (Å²) in [6, 6.07) is 9.79. The third kappa shape index (κ3) is 2.82. The Morgan fingerprint density at radius 3 is 2.71 bits per heavy atom. The molecule has 108 valence electrons. The zero-order valence-electron chi connectivity index (χ0n) is 11.0. The van der Waals surface area contributed by atoms with Gasteiger partial charge in [0.25, 0.3) is 0 Å². The Bertz CT molecular complexity index is 814. The first-order chi connectivity index (χ1) is 10.0. The number of imidazole rings is 1. The van der Waals surface area contributed by atoms with Crippen molar-refractivity contribution in [1.29, 1.82) is 0 Å². The number of hydrogen-bond acceptors (Lipinski definition) is 2. The molecule has 2 N–H and O–H groups in total. The lowest BCUT2D eigenvalue weighted by atomic mass is 10.1. The number of aromatic nitrogens is 2. The van der Waals surface area contributed by atoms with Crippen LogP contribution >= 0.6 is 23.2 Å². The van der Waals surface area contributed by atoms with Gasteiger partial charge in [0, 0.05) is 16.6 Å². The summed E-state index contributed by atoms with van der Waals surface area (Å²) in [4.78, 5) is 4.22. The SMILES string of the molecule is Nc1nc2ccc(F)cc2n1CCc1ccc(Cl)cc1Cl. The van der Waals surface area contributed by atoms with Gasteiger partial charge in [-0.05, 0) is 42.3 Å². The maximum Gasteiger partial charge on any atom is 0.201 e. The van der Waals surface area contributed by atoms with E-state index in [1.165, 1.54) is 12.1 Å². The highest BCUT2D eigenvalue weighted by molar-refractivity contribution is 6.35. The molecule has 0 spiro atoms. The second kappa shape index (κ2) is 5.54. The zero-order chi connectivity index (χ0) is 15.0. The Balaban J connectivity index is 1.91. The van der Waals surface area contributed by atoms with Gasteiger partial charge in [-0.3, -0.25) is 0 Å². The first-order valence-electron chi connectivity index (χ1n) is 6.40. The molecule has 2 aromatic carbocycles. The second-order valence-electron chi connectivity index (χ2n) is 4.74. The first-order valence-corrected chi connectivity index (χ1v) is 7.15. The summed E-state index contributed by atoms with van der Waals surface area (Å²) in [7, 11) is 0. The van der Waals surface area contributed by atoms with E-state index in [0.717, 1.165) is 5.56 Å². The number of nitrogen functional groups attached to an aromatic ring is 1. The predicted molar refractivity (Wildman–Crippen MR) is 84.3 cm³/mol. The van der Waals surface area contributed by atoms with Crippen LogP contribution in [0.5, 0.6) is 0 Å². The van der Waals surface area contributed by atoms with Crippen LogP contribution in [0.3, 0.4) is 0 Å². The van der Waals surface area contributed by atoms with Crippen LogP contribution in [0.1, 0.15) is 5.56 Å².